The molecule has 2 heterocycles. The lowest BCUT2D eigenvalue weighted by Gasteiger charge is -2.36. The van der Waals surface area contributed by atoms with Gasteiger partial charge in [0.15, 0.2) is 0 Å². The predicted octanol–water partition coefficient (Wildman–Crippen LogP) is 3.00. The molecule has 1 aromatic heterocycles. The van der Waals surface area contributed by atoms with Gasteiger partial charge in [0.1, 0.15) is 5.82 Å². The molecule has 0 unspecified atom stereocenters. The molecule has 1 aliphatic carbocycles. The summed E-state index contributed by atoms with van der Waals surface area (Å²) in [5, 5.41) is 6.44. The molecule has 6 nitrogen and oxygen atoms in total. The van der Waals surface area contributed by atoms with Crippen LogP contribution in [0.2, 0.25) is 0 Å². The second-order valence-corrected chi connectivity index (χ2v) is 8.60. The van der Waals surface area contributed by atoms with Crippen molar-refractivity contribution in [1.82, 2.24) is 20.5 Å². The highest BCUT2D eigenvalue weighted by atomic mass is 19.1. The molecule has 0 bridgehead atoms. The zero-order chi connectivity index (χ0) is 21.8. The van der Waals surface area contributed by atoms with Crippen LogP contribution in [-0.4, -0.2) is 53.4 Å². The number of aromatic nitrogens is 1. The molecule has 2 N–H and O–H groups in total. The number of hydrogen-bond acceptors (Lipinski definition) is 4. The van der Waals surface area contributed by atoms with E-state index >= 15 is 0 Å². The lowest BCUT2D eigenvalue weighted by atomic mass is 9.85. The molecular weight excluding hydrogens is 395 g/mol. The fourth-order valence-electron chi connectivity index (χ4n) is 4.49. The average Bonchev–Trinajstić information content (AvgIpc) is 2.79. The summed E-state index contributed by atoms with van der Waals surface area (Å²) in [5.41, 5.74) is 1.78. The maximum absolute atomic E-state index is 13.4. The SMILES string of the molecule is C[C@H]1CN(C(=O)[C@H]2CC[C@H](NC(=O)c3ccc(-c4cccc(F)c4)nc3)CC2)CCN1. The van der Waals surface area contributed by atoms with Gasteiger partial charge in [-0.2, -0.15) is 0 Å². The molecule has 7 heteroatoms. The van der Waals surface area contributed by atoms with Gasteiger partial charge < -0.3 is 15.5 Å². The number of carbonyl (C=O) groups is 2. The number of nitrogens with one attached hydrogen (secondary N) is 2. The standard InChI is InChI=1S/C24H29FN4O2/c1-16-15-29(12-11-26-16)24(31)17-5-8-21(9-6-17)28-23(30)19-7-10-22(27-14-19)18-3-2-4-20(25)13-18/h2-4,7,10,13-14,16-17,21,26H,5-6,8-9,11-12,15H2,1H3,(H,28,30)/t16-,17-,21-/m0/s1. The summed E-state index contributed by atoms with van der Waals surface area (Å²) in [6, 6.07) is 10.1. The van der Waals surface area contributed by atoms with Crippen LogP contribution in [0.25, 0.3) is 11.3 Å². The topological polar surface area (TPSA) is 74.3 Å². The molecule has 1 aliphatic heterocycles. The van der Waals surface area contributed by atoms with Crippen LogP contribution in [0.3, 0.4) is 0 Å². The quantitative estimate of drug-likeness (QED) is 0.791. The van der Waals surface area contributed by atoms with E-state index in [-0.39, 0.29) is 29.6 Å². The van der Waals surface area contributed by atoms with Crippen molar-refractivity contribution in [2.24, 2.45) is 5.92 Å². The second-order valence-electron chi connectivity index (χ2n) is 8.60. The molecule has 2 fully saturated rings. The minimum atomic E-state index is -0.318. The highest BCUT2D eigenvalue weighted by Crippen LogP contribution is 2.27. The van der Waals surface area contributed by atoms with Gasteiger partial charge in [-0.1, -0.05) is 12.1 Å². The molecule has 2 aliphatic rings. The Balaban J connectivity index is 1.28. The van der Waals surface area contributed by atoms with Crippen LogP contribution in [0.4, 0.5) is 4.39 Å². The van der Waals surface area contributed by atoms with Crippen molar-refractivity contribution in [3.05, 3.63) is 54.0 Å². The van der Waals surface area contributed by atoms with E-state index in [1.165, 1.54) is 18.3 Å². The molecule has 31 heavy (non-hydrogen) atoms. The van der Waals surface area contributed by atoms with E-state index in [0.717, 1.165) is 45.3 Å². The van der Waals surface area contributed by atoms with Crippen LogP contribution in [-0.2, 0) is 4.79 Å². The summed E-state index contributed by atoms with van der Waals surface area (Å²) < 4.78 is 13.4. The van der Waals surface area contributed by atoms with E-state index in [2.05, 4.69) is 22.5 Å². The second kappa shape index (κ2) is 9.56. The van der Waals surface area contributed by atoms with Gasteiger partial charge in [0.2, 0.25) is 5.91 Å². The van der Waals surface area contributed by atoms with Crippen LogP contribution in [0.15, 0.2) is 42.6 Å². The minimum Gasteiger partial charge on any atom is -0.349 e. The highest BCUT2D eigenvalue weighted by Gasteiger charge is 2.31. The number of rotatable bonds is 4. The first-order valence-electron chi connectivity index (χ1n) is 11.0. The Hall–Kier alpha value is -2.80. The Morgan fingerprint density at radius 2 is 1.97 bits per heavy atom. The summed E-state index contributed by atoms with van der Waals surface area (Å²) in [4.78, 5) is 31.7. The fourth-order valence-corrected chi connectivity index (χ4v) is 4.49. The van der Waals surface area contributed by atoms with Crippen molar-refractivity contribution in [2.45, 2.75) is 44.7 Å². The van der Waals surface area contributed by atoms with Gasteiger partial charge in [-0.3, -0.25) is 14.6 Å². The molecule has 2 aromatic rings. The lowest BCUT2D eigenvalue weighted by molar-refractivity contribution is -0.137. The van der Waals surface area contributed by atoms with Gasteiger partial charge in [-0.15, -0.1) is 0 Å². The number of piperazine rings is 1. The Morgan fingerprint density at radius 3 is 2.65 bits per heavy atom. The van der Waals surface area contributed by atoms with E-state index in [0.29, 0.717) is 22.9 Å². The van der Waals surface area contributed by atoms with Gasteiger partial charge in [0.25, 0.3) is 5.91 Å². The number of carbonyl (C=O) groups excluding carboxylic acids is 2. The Kier molecular flexibility index (Phi) is 6.61. The van der Waals surface area contributed by atoms with Gasteiger partial charge in [-0.25, -0.2) is 4.39 Å². The molecule has 0 spiro atoms. The highest BCUT2D eigenvalue weighted by molar-refractivity contribution is 5.94. The number of benzene rings is 1. The number of nitrogens with zero attached hydrogens (tertiary/aromatic N) is 2. The molecule has 164 valence electrons. The van der Waals surface area contributed by atoms with Crippen LogP contribution in [0.5, 0.6) is 0 Å². The van der Waals surface area contributed by atoms with E-state index in [1.807, 2.05) is 4.90 Å². The lowest BCUT2D eigenvalue weighted by Crippen LogP contribution is -2.53. The molecule has 1 aromatic carbocycles. The first kappa shape index (κ1) is 21.4. The van der Waals surface area contributed by atoms with Crippen LogP contribution >= 0.6 is 0 Å². The first-order valence-corrected chi connectivity index (χ1v) is 11.0. The molecular formula is C24H29FN4O2. The van der Waals surface area contributed by atoms with Crippen molar-refractivity contribution >= 4 is 11.8 Å². The molecule has 2 amide bonds. The normalized spacial score (nSPS) is 23.9. The van der Waals surface area contributed by atoms with E-state index in [4.69, 9.17) is 0 Å². The summed E-state index contributed by atoms with van der Waals surface area (Å²) in [5.74, 6) is -0.161. The number of halogens is 1. The van der Waals surface area contributed by atoms with Crippen LogP contribution in [0, 0.1) is 11.7 Å². The third-order valence-corrected chi connectivity index (χ3v) is 6.24. The summed E-state index contributed by atoms with van der Waals surface area (Å²) in [6.07, 6.45) is 4.74. The molecule has 0 radical (unpaired) electrons. The fraction of sp³-hybridized carbons (Fsp3) is 0.458. The summed E-state index contributed by atoms with van der Waals surface area (Å²) >= 11 is 0. The van der Waals surface area contributed by atoms with E-state index in [9.17, 15) is 14.0 Å². The van der Waals surface area contributed by atoms with E-state index in [1.54, 1.807) is 24.3 Å². The predicted molar refractivity (Wildman–Crippen MR) is 117 cm³/mol. The van der Waals surface area contributed by atoms with Gasteiger partial charge in [-0.05, 0) is 56.9 Å². The van der Waals surface area contributed by atoms with Crippen LogP contribution in [0.1, 0.15) is 43.0 Å². The largest absolute Gasteiger partial charge is 0.349 e. The van der Waals surface area contributed by atoms with Crippen molar-refractivity contribution in [3.8, 4) is 11.3 Å². The van der Waals surface area contributed by atoms with Crippen molar-refractivity contribution in [1.29, 1.82) is 0 Å². The third-order valence-electron chi connectivity index (χ3n) is 6.24. The maximum atomic E-state index is 13.4. The number of pyridine rings is 1. The van der Waals surface area contributed by atoms with Gasteiger partial charge in [0.05, 0.1) is 11.3 Å². The smallest absolute Gasteiger partial charge is 0.253 e. The molecule has 4 rings (SSSR count). The van der Waals surface area contributed by atoms with Crippen molar-refractivity contribution in [2.75, 3.05) is 19.6 Å². The molecule has 1 atom stereocenters. The zero-order valence-corrected chi connectivity index (χ0v) is 17.8. The van der Waals surface area contributed by atoms with Crippen molar-refractivity contribution in [3.63, 3.8) is 0 Å². The number of hydrogen-bond donors (Lipinski definition) is 2. The van der Waals surface area contributed by atoms with Crippen LogP contribution < -0.4 is 10.6 Å². The molecule has 1 saturated heterocycles. The Bertz CT molecular complexity index is 925. The van der Waals surface area contributed by atoms with Crippen molar-refractivity contribution < 1.29 is 14.0 Å². The molecule has 1 saturated carbocycles. The Morgan fingerprint density at radius 1 is 1.16 bits per heavy atom. The maximum Gasteiger partial charge on any atom is 0.253 e. The van der Waals surface area contributed by atoms with E-state index < -0.39 is 0 Å². The summed E-state index contributed by atoms with van der Waals surface area (Å²) in [6.45, 7) is 4.50. The zero-order valence-electron chi connectivity index (χ0n) is 17.8. The average molecular weight is 425 g/mol. The summed E-state index contributed by atoms with van der Waals surface area (Å²) in [7, 11) is 0. The van der Waals surface area contributed by atoms with Gasteiger partial charge in [0, 0.05) is 49.4 Å². The van der Waals surface area contributed by atoms with Gasteiger partial charge >= 0.3 is 0 Å². The Labute approximate surface area is 182 Å². The third kappa shape index (κ3) is 5.28. The monoisotopic (exact) mass is 424 g/mol. The first-order chi connectivity index (χ1) is 15.0. The minimum absolute atomic E-state index is 0.0608. The number of amides is 2.